The summed E-state index contributed by atoms with van der Waals surface area (Å²) in [5.74, 6) is -1.07. The van der Waals surface area contributed by atoms with E-state index >= 15 is 0 Å². The van der Waals surface area contributed by atoms with Crippen LogP contribution in [0.5, 0.6) is 0 Å². The Bertz CT molecular complexity index is 560. The number of aliphatic hydroxyl groups is 1. The Morgan fingerprint density at radius 2 is 2.15 bits per heavy atom. The number of hydrogen-bond acceptors (Lipinski definition) is 5. The van der Waals surface area contributed by atoms with Crippen LogP contribution in [0.2, 0.25) is 0 Å². The van der Waals surface area contributed by atoms with Crippen LogP contribution in [0.1, 0.15) is 6.42 Å². The summed E-state index contributed by atoms with van der Waals surface area (Å²) in [7, 11) is -4.08. The maximum absolute atomic E-state index is 12.0. The number of carbonyl (C=O) groups is 1. The van der Waals surface area contributed by atoms with E-state index in [0.717, 1.165) is 17.1 Å². The fourth-order valence-electron chi connectivity index (χ4n) is 1.18. The van der Waals surface area contributed by atoms with Crippen LogP contribution >= 0.6 is 0 Å². The van der Waals surface area contributed by atoms with Gasteiger partial charge in [0.25, 0.3) is 6.43 Å². The second-order valence-electron chi connectivity index (χ2n) is 3.84. The van der Waals surface area contributed by atoms with Crippen LogP contribution in [0.15, 0.2) is 17.3 Å². The minimum Gasteiger partial charge on any atom is -0.481 e. The summed E-state index contributed by atoms with van der Waals surface area (Å²) in [4.78, 5) is 10.0. The number of sulfonamides is 1. The normalized spacial score (nSPS) is 13.6. The Labute approximate surface area is 113 Å². The molecule has 0 amide bonds. The fraction of sp³-hybridized carbons (Fsp3) is 0.556. The van der Waals surface area contributed by atoms with Gasteiger partial charge in [-0.25, -0.2) is 21.9 Å². The molecule has 11 heteroatoms. The van der Waals surface area contributed by atoms with Gasteiger partial charge in [-0.15, -0.1) is 0 Å². The van der Waals surface area contributed by atoms with Gasteiger partial charge < -0.3 is 10.2 Å². The number of carboxylic acid groups (broad SMARTS) is 1. The molecule has 0 fully saturated rings. The first-order valence-corrected chi connectivity index (χ1v) is 6.91. The molecule has 1 aromatic rings. The maximum atomic E-state index is 12.0. The Morgan fingerprint density at radius 3 is 2.70 bits per heavy atom. The molecule has 1 heterocycles. The van der Waals surface area contributed by atoms with Gasteiger partial charge in [-0.1, -0.05) is 0 Å². The third-order valence-corrected chi connectivity index (χ3v) is 3.63. The van der Waals surface area contributed by atoms with Crippen molar-refractivity contribution in [3.63, 3.8) is 0 Å². The van der Waals surface area contributed by atoms with Crippen molar-refractivity contribution < 1.29 is 32.2 Å². The third kappa shape index (κ3) is 4.83. The molecule has 0 saturated carbocycles. The van der Waals surface area contributed by atoms with Gasteiger partial charge in [0, 0.05) is 12.7 Å². The smallest absolute Gasteiger partial charge is 0.305 e. The van der Waals surface area contributed by atoms with Crippen molar-refractivity contribution >= 4 is 16.0 Å². The highest BCUT2D eigenvalue weighted by molar-refractivity contribution is 7.89. The van der Waals surface area contributed by atoms with Gasteiger partial charge in [0.1, 0.15) is 11.0 Å². The largest absolute Gasteiger partial charge is 0.481 e. The van der Waals surface area contributed by atoms with E-state index in [9.17, 15) is 22.0 Å². The average molecular weight is 313 g/mol. The molecule has 114 valence electrons. The summed E-state index contributed by atoms with van der Waals surface area (Å²) in [5, 5.41) is 20.9. The first-order valence-electron chi connectivity index (χ1n) is 5.42. The van der Waals surface area contributed by atoms with Gasteiger partial charge in [0.15, 0.2) is 0 Å². The predicted molar refractivity (Wildman–Crippen MR) is 61.7 cm³/mol. The number of alkyl halides is 2. The number of aliphatic hydroxyl groups excluding tert-OH is 1. The van der Waals surface area contributed by atoms with Gasteiger partial charge in [-0.3, -0.25) is 9.48 Å². The molecule has 0 aliphatic heterocycles. The predicted octanol–water partition coefficient (Wildman–Crippen LogP) is -0.738. The summed E-state index contributed by atoms with van der Waals surface area (Å²) in [5.41, 5.74) is 0. The SMILES string of the molecule is O=C(O)CCn1cc(S(=O)(=O)NCC(O)C(F)F)cn1. The molecule has 3 N–H and O–H groups in total. The number of rotatable bonds is 8. The number of nitrogens with zero attached hydrogens (tertiary/aromatic N) is 2. The number of carboxylic acids is 1. The lowest BCUT2D eigenvalue weighted by Gasteiger charge is -2.10. The second kappa shape index (κ2) is 6.72. The minimum absolute atomic E-state index is 0.0233. The Balaban J connectivity index is 2.66. The second-order valence-corrected chi connectivity index (χ2v) is 5.60. The van der Waals surface area contributed by atoms with Crippen LogP contribution in [0.25, 0.3) is 0 Å². The Kier molecular flexibility index (Phi) is 5.53. The number of hydrogen-bond donors (Lipinski definition) is 3. The van der Waals surface area contributed by atoms with Crippen LogP contribution in [0.3, 0.4) is 0 Å². The highest BCUT2D eigenvalue weighted by Crippen LogP contribution is 2.08. The van der Waals surface area contributed by atoms with Crippen molar-refractivity contribution in [2.45, 2.75) is 30.4 Å². The summed E-state index contributed by atoms with van der Waals surface area (Å²) in [6.45, 7) is -0.856. The van der Waals surface area contributed by atoms with Crippen molar-refractivity contribution in [1.29, 1.82) is 0 Å². The minimum atomic E-state index is -4.08. The van der Waals surface area contributed by atoms with Gasteiger partial charge >= 0.3 is 5.97 Å². The summed E-state index contributed by atoms with van der Waals surface area (Å²) < 4.78 is 50.3. The zero-order chi connectivity index (χ0) is 15.3. The summed E-state index contributed by atoms with van der Waals surface area (Å²) >= 11 is 0. The lowest BCUT2D eigenvalue weighted by Crippen LogP contribution is -2.35. The Morgan fingerprint density at radius 1 is 1.50 bits per heavy atom. The molecular formula is C9H13F2N3O5S. The topological polar surface area (TPSA) is 122 Å². The average Bonchev–Trinajstić information content (AvgIpc) is 2.82. The van der Waals surface area contributed by atoms with E-state index in [2.05, 4.69) is 5.10 Å². The molecule has 0 aliphatic carbocycles. The number of nitrogens with one attached hydrogen (secondary N) is 1. The van der Waals surface area contributed by atoms with Crippen molar-refractivity contribution in [3.8, 4) is 0 Å². The van der Waals surface area contributed by atoms with Gasteiger partial charge in [-0.05, 0) is 0 Å². The maximum Gasteiger partial charge on any atom is 0.305 e. The van der Waals surface area contributed by atoms with Crippen LogP contribution in [0.4, 0.5) is 8.78 Å². The number of halogens is 2. The van der Waals surface area contributed by atoms with E-state index < -0.39 is 35.1 Å². The van der Waals surface area contributed by atoms with Crippen LogP contribution in [-0.2, 0) is 21.4 Å². The van der Waals surface area contributed by atoms with Gasteiger partial charge in [-0.2, -0.15) is 5.10 Å². The molecule has 1 unspecified atom stereocenters. The third-order valence-electron chi connectivity index (χ3n) is 2.25. The zero-order valence-electron chi connectivity index (χ0n) is 10.1. The summed E-state index contributed by atoms with van der Waals surface area (Å²) in [6, 6.07) is 0. The Hall–Kier alpha value is -1.59. The van der Waals surface area contributed by atoms with Crippen LogP contribution in [-0.4, -0.2) is 53.5 Å². The van der Waals surface area contributed by atoms with E-state index in [1.807, 2.05) is 4.72 Å². The highest BCUT2D eigenvalue weighted by Gasteiger charge is 2.22. The monoisotopic (exact) mass is 313 g/mol. The lowest BCUT2D eigenvalue weighted by atomic mass is 10.4. The molecule has 0 aliphatic rings. The fourth-order valence-corrected chi connectivity index (χ4v) is 2.19. The summed E-state index contributed by atoms with van der Waals surface area (Å²) in [6.07, 6.45) is -3.37. The van der Waals surface area contributed by atoms with Crippen molar-refractivity contribution in [2.75, 3.05) is 6.54 Å². The van der Waals surface area contributed by atoms with Gasteiger partial charge in [0.2, 0.25) is 10.0 Å². The standard InChI is InChI=1S/C9H13F2N3O5S/c10-9(11)7(15)4-13-20(18,19)6-3-12-14(5-6)2-1-8(16)17/h3,5,7,9,13,15H,1-2,4H2,(H,16,17). The molecule has 1 rings (SSSR count). The van der Waals surface area contributed by atoms with Crippen LogP contribution in [0, 0.1) is 0 Å². The number of aliphatic carboxylic acids is 1. The molecule has 1 atom stereocenters. The highest BCUT2D eigenvalue weighted by atomic mass is 32.2. The van der Waals surface area contributed by atoms with Gasteiger partial charge in [0.05, 0.1) is 19.2 Å². The lowest BCUT2D eigenvalue weighted by molar-refractivity contribution is -0.137. The van der Waals surface area contributed by atoms with Crippen LogP contribution < -0.4 is 4.72 Å². The number of aryl methyl sites for hydroxylation is 1. The van der Waals surface area contributed by atoms with E-state index in [1.165, 1.54) is 0 Å². The molecule has 0 aromatic carbocycles. The quantitative estimate of drug-likeness (QED) is 0.581. The number of aromatic nitrogens is 2. The molecule has 20 heavy (non-hydrogen) atoms. The molecule has 0 spiro atoms. The molecule has 0 bridgehead atoms. The van der Waals surface area contributed by atoms with E-state index in [1.54, 1.807) is 0 Å². The zero-order valence-corrected chi connectivity index (χ0v) is 10.9. The molecule has 8 nitrogen and oxygen atoms in total. The van der Waals surface area contributed by atoms with E-state index in [-0.39, 0.29) is 17.9 Å². The first-order chi connectivity index (χ1) is 9.22. The molecule has 1 aromatic heterocycles. The van der Waals surface area contributed by atoms with Crippen molar-refractivity contribution in [1.82, 2.24) is 14.5 Å². The molecular weight excluding hydrogens is 300 g/mol. The van der Waals surface area contributed by atoms with E-state index in [0.29, 0.717) is 0 Å². The van der Waals surface area contributed by atoms with E-state index in [4.69, 9.17) is 10.2 Å². The van der Waals surface area contributed by atoms with Crippen molar-refractivity contribution in [2.24, 2.45) is 0 Å². The van der Waals surface area contributed by atoms with Crippen molar-refractivity contribution in [3.05, 3.63) is 12.4 Å². The molecule has 0 radical (unpaired) electrons. The molecule has 0 saturated heterocycles. The first kappa shape index (κ1) is 16.5.